The molecule has 7 nitrogen and oxygen atoms in total. The molecule has 1 fully saturated rings. The molecular formula is C29H30O7S. The van der Waals surface area contributed by atoms with Gasteiger partial charge in [-0.2, -0.15) is 0 Å². The summed E-state index contributed by atoms with van der Waals surface area (Å²) in [6.45, 7) is 2.34. The zero-order valence-corrected chi connectivity index (χ0v) is 21.3. The van der Waals surface area contributed by atoms with Gasteiger partial charge in [-0.1, -0.05) is 73.7 Å². The zero-order chi connectivity index (χ0) is 26.0. The number of carbonyl (C=O) groups is 2. The fourth-order valence-electron chi connectivity index (χ4n) is 3.99. The summed E-state index contributed by atoms with van der Waals surface area (Å²) >= 11 is 1.40. The highest BCUT2D eigenvalue weighted by Gasteiger charge is 2.50. The van der Waals surface area contributed by atoms with Gasteiger partial charge in [0.15, 0.2) is 12.2 Å². The number of ether oxygens (including phenoxy) is 4. The predicted molar refractivity (Wildman–Crippen MR) is 140 cm³/mol. The van der Waals surface area contributed by atoms with Crippen molar-refractivity contribution < 1.29 is 33.6 Å². The molecule has 0 saturated carbocycles. The van der Waals surface area contributed by atoms with Crippen molar-refractivity contribution in [1.29, 1.82) is 0 Å². The van der Waals surface area contributed by atoms with Crippen LogP contribution in [-0.2, 0) is 25.6 Å². The molecule has 0 amide bonds. The van der Waals surface area contributed by atoms with Crippen LogP contribution in [0.4, 0.5) is 0 Å². The summed E-state index contributed by atoms with van der Waals surface area (Å²) in [5.41, 5.74) is 0.971. The summed E-state index contributed by atoms with van der Waals surface area (Å²) in [4.78, 5) is 25.9. The second-order valence-corrected chi connectivity index (χ2v) is 9.84. The summed E-state index contributed by atoms with van der Waals surface area (Å²) in [5, 5.41) is 11.3. The van der Waals surface area contributed by atoms with E-state index >= 15 is 0 Å². The lowest BCUT2D eigenvalue weighted by molar-refractivity contribution is -0.211. The van der Waals surface area contributed by atoms with Crippen LogP contribution in [0.5, 0.6) is 0 Å². The first kappa shape index (κ1) is 26.9. The minimum atomic E-state index is -1.29. The Morgan fingerprint density at radius 1 is 0.811 bits per heavy atom. The standard InChI is InChI=1S/C29H30O7S/c1-2-37-29-26(36-28(32)22-16-10-5-11-17-22)25(35-27(31)21-14-8-4-9-15-21)24(30)23(34-29)19-33-18-20-12-6-3-7-13-20/h3-17,23-26,29-30H,2,18-19H2,1H3/t23-,24-,25+,26-,29+/m1/s1. The predicted octanol–water partition coefficient (Wildman–Crippen LogP) is 4.49. The SMILES string of the molecule is CCS[C@@H]1O[C@H](COCc2ccccc2)[C@@H](O)[C@H](OC(=O)c2ccccc2)[C@H]1OC(=O)c1ccccc1. The summed E-state index contributed by atoms with van der Waals surface area (Å²) in [7, 11) is 0. The number of aliphatic hydroxyl groups excluding tert-OH is 1. The van der Waals surface area contributed by atoms with Crippen LogP contribution in [0.25, 0.3) is 0 Å². The van der Waals surface area contributed by atoms with E-state index in [-0.39, 0.29) is 6.61 Å². The Morgan fingerprint density at radius 2 is 1.32 bits per heavy atom. The Hall–Kier alpha value is -3.17. The molecule has 0 spiro atoms. The van der Waals surface area contributed by atoms with Crippen LogP contribution >= 0.6 is 11.8 Å². The molecule has 0 aliphatic carbocycles. The second kappa shape index (κ2) is 13.4. The monoisotopic (exact) mass is 522 g/mol. The maximum atomic E-state index is 13.0. The molecule has 1 heterocycles. The third-order valence-electron chi connectivity index (χ3n) is 5.85. The van der Waals surface area contributed by atoms with Crippen molar-refractivity contribution in [3.8, 4) is 0 Å². The number of hydrogen-bond donors (Lipinski definition) is 1. The fourth-order valence-corrected chi connectivity index (χ4v) is 4.94. The van der Waals surface area contributed by atoms with Crippen LogP contribution in [0.3, 0.4) is 0 Å². The second-order valence-electron chi connectivity index (χ2n) is 8.46. The van der Waals surface area contributed by atoms with Crippen LogP contribution in [0, 0.1) is 0 Å². The van der Waals surface area contributed by atoms with Crippen LogP contribution in [0.15, 0.2) is 91.0 Å². The Kier molecular flexibility index (Phi) is 9.73. The van der Waals surface area contributed by atoms with E-state index in [0.29, 0.717) is 23.5 Å². The number of thioether (sulfide) groups is 1. The van der Waals surface area contributed by atoms with Crippen LogP contribution in [0.1, 0.15) is 33.2 Å². The van der Waals surface area contributed by atoms with E-state index in [4.69, 9.17) is 18.9 Å². The molecule has 3 aromatic rings. The van der Waals surface area contributed by atoms with E-state index in [1.807, 2.05) is 37.3 Å². The third kappa shape index (κ3) is 7.20. The summed E-state index contributed by atoms with van der Waals surface area (Å²) in [6, 6.07) is 26.7. The van der Waals surface area contributed by atoms with Crippen molar-refractivity contribution in [3.63, 3.8) is 0 Å². The Morgan fingerprint density at radius 3 is 1.86 bits per heavy atom. The van der Waals surface area contributed by atoms with Gasteiger partial charge < -0.3 is 24.1 Å². The zero-order valence-electron chi connectivity index (χ0n) is 20.5. The lowest BCUT2D eigenvalue weighted by Gasteiger charge is -2.43. The van der Waals surface area contributed by atoms with Crippen molar-refractivity contribution >= 4 is 23.7 Å². The first-order valence-corrected chi connectivity index (χ1v) is 13.2. The smallest absolute Gasteiger partial charge is 0.338 e. The Balaban J connectivity index is 1.55. The highest BCUT2D eigenvalue weighted by molar-refractivity contribution is 7.99. The molecule has 1 N–H and O–H groups in total. The van der Waals surface area contributed by atoms with Crippen LogP contribution in [-0.4, -0.2) is 59.3 Å². The van der Waals surface area contributed by atoms with Crippen molar-refractivity contribution in [2.45, 2.75) is 43.4 Å². The highest BCUT2D eigenvalue weighted by Crippen LogP contribution is 2.33. The molecule has 4 rings (SSSR count). The van der Waals surface area contributed by atoms with Crippen LogP contribution < -0.4 is 0 Å². The first-order valence-electron chi connectivity index (χ1n) is 12.2. The van der Waals surface area contributed by atoms with Gasteiger partial charge in [-0.15, -0.1) is 11.8 Å². The minimum absolute atomic E-state index is 0.0651. The average molecular weight is 523 g/mol. The third-order valence-corrected chi connectivity index (χ3v) is 6.89. The molecule has 1 aliphatic rings. The van der Waals surface area contributed by atoms with Gasteiger partial charge in [-0.25, -0.2) is 9.59 Å². The van der Waals surface area contributed by atoms with E-state index in [1.54, 1.807) is 60.7 Å². The number of rotatable bonds is 10. The summed E-state index contributed by atoms with van der Waals surface area (Å²) in [6.07, 6.45) is -4.28. The lowest BCUT2D eigenvalue weighted by atomic mass is 9.99. The summed E-state index contributed by atoms with van der Waals surface area (Å²) < 4.78 is 23.6. The number of carbonyl (C=O) groups excluding carboxylic acids is 2. The number of hydrogen-bond acceptors (Lipinski definition) is 8. The minimum Gasteiger partial charge on any atom is -0.452 e. The van der Waals surface area contributed by atoms with Gasteiger partial charge >= 0.3 is 11.9 Å². The molecule has 5 atom stereocenters. The summed E-state index contributed by atoms with van der Waals surface area (Å²) in [5.74, 6) is -0.573. The van der Waals surface area contributed by atoms with Crippen molar-refractivity contribution in [2.75, 3.05) is 12.4 Å². The molecule has 0 unspecified atom stereocenters. The van der Waals surface area contributed by atoms with Gasteiger partial charge in [0.05, 0.1) is 24.3 Å². The maximum Gasteiger partial charge on any atom is 0.338 e. The average Bonchev–Trinajstić information content (AvgIpc) is 2.94. The molecule has 0 bridgehead atoms. The number of aliphatic hydroxyl groups is 1. The van der Waals surface area contributed by atoms with E-state index < -0.39 is 41.8 Å². The van der Waals surface area contributed by atoms with Crippen molar-refractivity contribution in [1.82, 2.24) is 0 Å². The Bertz CT molecular complexity index is 1130. The molecule has 0 aromatic heterocycles. The van der Waals surface area contributed by atoms with Gasteiger partial charge in [0, 0.05) is 0 Å². The van der Waals surface area contributed by atoms with E-state index in [9.17, 15) is 14.7 Å². The number of benzene rings is 3. The van der Waals surface area contributed by atoms with Crippen molar-refractivity contribution in [2.24, 2.45) is 0 Å². The van der Waals surface area contributed by atoms with Gasteiger partial charge in [0.25, 0.3) is 0 Å². The molecule has 1 saturated heterocycles. The van der Waals surface area contributed by atoms with Gasteiger partial charge in [-0.3, -0.25) is 0 Å². The molecular weight excluding hydrogens is 492 g/mol. The highest BCUT2D eigenvalue weighted by atomic mass is 32.2. The van der Waals surface area contributed by atoms with Gasteiger partial charge in [-0.05, 0) is 35.6 Å². The fraction of sp³-hybridized carbons (Fsp3) is 0.310. The van der Waals surface area contributed by atoms with Gasteiger partial charge in [0.2, 0.25) is 0 Å². The topological polar surface area (TPSA) is 91.3 Å². The molecule has 3 aromatic carbocycles. The van der Waals surface area contributed by atoms with E-state index in [2.05, 4.69) is 0 Å². The quantitative estimate of drug-likeness (QED) is 0.390. The van der Waals surface area contributed by atoms with E-state index in [1.165, 1.54) is 11.8 Å². The van der Waals surface area contributed by atoms with Gasteiger partial charge in [0.1, 0.15) is 17.6 Å². The maximum absolute atomic E-state index is 13.0. The molecule has 37 heavy (non-hydrogen) atoms. The molecule has 1 aliphatic heterocycles. The molecule has 8 heteroatoms. The lowest BCUT2D eigenvalue weighted by Crippen LogP contribution is -2.60. The van der Waals surface area contributed by atoms with E-state index in [0.717, 1.165) is 5.56 Å². The first-order chi connectivity index (χ1) is 18.1. The van der Waals surface area contributed by atoms with Crippen molar-refractivity contribution in [3.05, 3.63) is 108 Å². The van der Waals surface area contributed by atoms with Crippen LogP contribution in [0.2, 0.25) is 0 Å². The number of esters is 2. The molecule has 0 radical (unpaired) electrons. The Labute approximate surface area is 220 Å². The normalized spacial score (nSPS) is 23.2. The largest absolute Gasteiger partial charge is 0.452 e. The molecule has 194 valence electrons.